The first kappa shape index (κ1) is 16.9. The Balaban J connectivity index is 2.66. The van der Waals surface area contributed by atoms with Crippen LogP contribution in [0.15, 0.2) is 24.3 Å². The van der Waals surface area contributed by atoms with Crippen LogP contribution in [0.1, 0.15) is 24.1 Å². The van der Waals surface area contributed by atoms with E-state index in [0.29, 0.717) is 26.4 Å². The van der Waals surface area contributed by atoms with Crippen LogP contribution in [0.5, 0.6) is 0 Å². The second-order valence-electron chi connectivity index (χ2n) is 4.30. The van der Waals surface area contributed by atoms with Gasteiger partial charge < -0.3 is 14.8 Å². The van der Waals surface area contributed by atoms with Crippen LogP contribution in [-0.2, 0) is 15.7 Å². The first-order valence-electron chi connectivity index (χ1n) is 6.46. The molecule has 0 spiro atoms. The fraction of sp³-hybridized carbons (Fsp3) is 0.571. The Hall–Kier alpha value is -1.11. The Morgan fingerprint density at radius 1 is 1.15 bits per heavy atom. The molecule has 0 aromatic heterocycles. The monoisotopic (exact) mass is 291 g/mol. The zero-order chi connectivity index (χ0) is 15.0. The van der Waals surface area contributed by atoms with E-state index >= 15 is 0 Å². The molecule has 6 heteroatoms. The van der Waals surface area contributed by atoms with Gasteiger partial charge in [-0.2, -0.15) is 13.2 Å². The number of alkyl halides is 3. The molecule has 0 aliphatic rings. The number of methoxy groups -OCH3 is 1. The zero-order valence-corrected chi connectivity index (χ0v) is 11.7. The molecule has 0 fully saturated rings. The molecule has 0 bridgehead atoms. The van der Waals surface area contributed by atoms with E-state index in [2.05, 4.69) is 5.32 Å². The van der Waals surface area contributed by atoms with Crippen molar-refractivity contribution in [3.8, 4) is 0 Å². The summed E-state index contributed by atoms with van der Waals surface area (Å²) in [5.74, 6) is 0. The molecule has 0 aliphatic carbocycles. The van der Waals surface area contributed by atoms with Crippen LogP contribution in [0.2, 0.25) is 0 Å². The molecule has 1 atom stereocenters. The fourth-order valence-corrected chi connectivity index (χ4v) is 1.77. The number of hydrogen-bond donors (Lipinski definition) is 1. The Morgan fingerprint density at radius 2 is 1.80 bits per heavy atom. The molecular formula is C14H20F3NO2. The number of hydrogen-bond acceptors (Lipinski definition) is 3. The second kappa shape index (κ2) is 8.24. The number of likely N-dealkylation sites (N-methyl/N-ethyl adjacent to an activating group) is 1. The minimum atomic E-state index is -4.30. The summed E-state index contributed by atoms with van der Waals surface area (Å²) in [4.78, 5) is 0. The number of ether oxygens (including phenoxy) is 2. The molecule has 3 nitrogen and oxygen atoms in total. The molecule has 0 aliphatic heterocycles. The van der Waals surface area contributed by atoms with Crippen molar-refractivity contribution in [1.29, 1.82) is 0 Å². The van der Waals surface area contributed by atoms with Crippen molar-refractivity contribution in [2.75, 3.05) is 33.5 Å². The third kappa shape index (κ3) is 5.48. The minimum absolute atomic E-state index is 0.126. The summed E-state index contributed by atoms with van der Waals surface area (Å²) < 4.78 is 47.8. The van der Waals surface area contributed by atoms with E-state index in [-0.39, 0.29) is 6.04 Å². The van der Waals surface area contributed by atoms with Crippen LogP contribution in [-0.4, -0.2) is 33.5 Å². The van der Waals surface area contributed by atoms with Gasteiger partial charge in [-0.1, -0.05) is 19.1 Å². The van der Waals surface area contributed by atoms with E-state index < -0.39 is 11.7 Å². The van der Waals surface area contributed by atoms with E-state index in [4.69, 9.17) is 9.47 Å². The van der Waals surface area contributed by atoms with Gasteiger partial charge >= 0.3 is 6.18 Å². The summed E-state index contributed by atoms with van der Waals surface area (Å²) >= 11 is 0. The van der Waals surface area contributed by atoms with Gasteiger partial charge in [-0.25, -0.2) is 0 Å². The van der Waals surface area contributed by atoms with Gasteiger partial charge in [0.25, 0.3) is 0 Å². The van der Waals surface area contributed by atoms with Gasteiger partial charge in [0, 0.05) is 7.11 Å². The van der Waals surface area contributed by atoms with E-state index in [1.807, 2.05) is 6.92 Å². The summed E-state index contributed by atoms with van der Waals surface area (Å²) in [6.07, 6.45) is -4.30. The van der Waals surface area contributed by atoms with Gasteiger partial charge in [-0.05, 0) is 24.2 Å². The third-order valence-corrected chi connectivity index (χ3v) is 2.81. The van der Waals surface area contributed by atoms with E-state index in [0.717, 1.165) is 17.7 Å². The van der Waals surface area contributed by atoms with Crippen molar-refractivity contribution in [3.63, 3.8) is 0 Å². The Labute approximate surface area is 117 Å². The van der Waals surface area contributed by atoms with E-state index in [1.165, 1.54) is 12.1 Å². The highest BCUT2D eigenvalue weighted by Gasteiger charge is 2.30. The first-order chi connectivity index (χ1) is 9.49. The predicted molar refractivity (Wildman–Crippen MR) is 70.6 cm³/mol. The summed E-state index contributed by atoms with van der Waals surface area (Å²) in [5, 5.41) is 3.19. The summed E-state index contributed by atoms with van der Waals surface area (Å²) in [6, 6.07) is 5.02. The zero-order valence-electron chi connectivity index (χ0n) is 11.7. The van der Waals surface area contributed by atoms with Crippen LogP contribution < -0.4 is 5.32 Å². The Bertz CT molecular complexity index is 379. The van der Waals surface area contributed by atoms with Crippen molar-refractivity contribution in [2.45, 2.75) is 19.1 Å². The highest BCUT2D eigenvalue weighted by atomic mass is 19.4. The molecular weight excluding hydrogens is 271 g/mol. The lowest BCUT2D eigenvalue weighted by atomic mass is 10.1. The van der Waals surface area contributed by atoms with Crippen molar-refractivity contribution < 1.29 is 22.6 Å². The molecule has 0 amide bonds. The maximum absolute atomic E-state index is 12.5. The van der Waals surface area contributed by atoms with Gasteiger partial charge in [0.15, 0.2) is 0 Å². The van der Waals surface area contributed by atoms with Crippen molar-refractivity contribution in [2.24, 2.45) is 0 Å². The molecule has 1 aromatic rings. The SMILES string of the molecule is CCNC(COCCOC)c1ccc(C(F)(F)F)cc1. The summed E-state index contributed by atoms with van der Waals surface area (Å²) in [6.45, 7) is 3.99. The van der Waals surface area contributed by atoms with Gasteiger partial charge in [0.1, 0.15) is 0 Å². The number of rotatable bonds is 8. The minimum Gasteiger partial charge on any atom is -0.382 e. The van der Waals surface area contributed by atoms with Crippen LogP contribution in [0.3, 0.4) is 0 Å². The maximum Gasteiger partial charge on any atom is 0.416 e. The molecule has 0 radical (unpaired) electrons. The Kier molecular flexibility index (Phi) is 6.98. The molecule has 1 rings (SSSR count). The van der Waals surface area contributed by atoms with Gasteiger partial charge in [-0.3, -0.25) is 0 Å². The largest absolute Gasteiger partial charge is 0.416 e. The molecule has 0 saturated carbocycles. The van der Waals surface area contributed by atoms with Crippen molar-refractivity contribution >= 4 is 0 Å². The average Bonchev–Trinajstić information content (AvgIpc) is 2.41. The van der Waals surface area contributed by atoms with Crippen LogP contribution in [0, 0.1) is 0 Å². The smallest absolute Gasteiger partial charge is 0.382 e. The standard InChI is InChI=1S/C14H20F3NO2/c1-3-18-13(10-20-9-8-19-2)11-4-6-12(7-5-11)14(15,16)17/h4-7,13,18H,3,8-10H2,1-2H3. The lowest BCUT2D eigenvalue weighted by Gasteiger charge is -2.19. The van der Waals surface area contributed by atoms with Gasteiger partial charge in [0.05, 0.1) is 31.4 Å². The highest BCUT2D eigenvalue weighted by molar-refractivity contribution is 5.26. The third-order valence-electron chi connectivity index (χ3n) is 2.81. The molecule has 0 heterocycles. The lowest BCUT2D eigenvalue weighted by molar-refractivity contribution is -0.137. The van der Waals surface area contributed by atoms with Gasteiger partial charge in [0.2, 0.25) is 0 Å². The first-order valence-corrected chi connectivity index (χ1v) is 6.46. The summed E-state index contributed by atoms with van der Waals surface area (Å²) in [7, 11) is 1.58. The quantitative estimate of drug-likeness (QED) is 0.747. The van der Waals surface area contributed by atoms with Crippen LogP contribution >= 0.6 is 0 Å². The van der Waals surface area contributed by atoms with Crippen molar-refractivity contribution in [1.82, 2.24) is 5.32 Å². The highest BCUT2D eigenvalue weighted by Crippen LogP contribution is 2.29. The predicted octanol–water partition coefficient (Wildman–Crippen LogP) is 3.02. The molecule has 1 aromatic carbocycles. The molecule has 1 unspecified atom stereocenters. The van der Waals surface area contributed by atoms with Crippen LogP contribution in [0.4, 0.5) is 13.2 Å². The lowest BCUT2D eigenvalue weighted by Crippen LogP contribution is -2.26. The van der Waals surface area contributed by atoms with Crippen molar-refractivity contribution in [3.05, 3.63) is 35.4 Å². The molecule has 20 heavy (non-hydrogen) atoms. The topological polar surface area (TPSA) is 30.5 Å². The average molecular weight is 291 g/mol. The van der Waals surface area contributed by atoms with E-state index in [1.54, 1.807) is 7.11 Å². The number of halogens is 3. The summed E-state index contributed by atoms with van der Waals surface area (Å²) in [5.41, 5.74) is 0.133. The van der Waals surface area contributed by atoms with Crippen LogP contribution in [0.25, 0.3) is 0 Å². The van der Waals surface area contributed by atoms with E-state index in [9.17, 15) is 13.2 Å². The normalized spacial score (nSPS) is 13.4. The fourth-order valence-electron chi connectivity index (χ4n) is 1.77. The molecule has 0 saturated heterocycles. The molecule has 1 N–H and O–H groups in total. The second-order valence-corrected chi connectivity index (χ2v) is 4.30. The maximum atomic E-state index is 12.5. The molecule has 114 valence electrons. The Morgan fingerprint density at radius 3 is 2.30 bits per heavy atom. The van der Waals surface area contributed by atoms with Gasteiger partial charge in [-0.15, -0.1) is 0 Å². The number of nitrogens with one attached hydrogen (secondary N) is 1. The number of benzene rings is 1.